The van der Waals surface area contributed by atoms with E-state index in [2.05, 4.69) is 21.2 Å². The van der Waals surface area contributed by atoms with E-state index in [4.69, 9.17) is 15.4 Å². The second-order valence-corrected chi connectivity index (χ2v) is 7.12. The van der Waals surface area contributed by atoms with E-state index in [1.807, 2.05) is 6.92 Å². The molecule has 1 N–H and O–H groups in total. The Bertz CT molecular complexity index is 562. The van der Waals surface area contributed by atoms with Crippen molar-refractivity contribution >= 4 is 41.6 Å². The molecule has 8 heteroatoms. The molecule has 1 aromatic rings. The maximum absolute atomic E-state index is 11.4. The molecule has 0 spiro atoms. The summed E-state index contributed by atoms with van der Waals surface area (Å²) < 4.78 is 28.5. The minimum absolute atomic E-state index is 0.0462. The lowest BCUT2D eigenvalue weighted by Gasteiger charge is -2.10. The predicted molar refractivity (Wildman–Crippen MR) is 76.0 cm³/mol. The maximum Gasteiger partial charge on any atom is 0.265 e. The number of amides is 1. The van der Waals surface area contributed by atoms with Crippen molar-refractivity contribution in [2.24, 2.45) is 0 Å². The minimum atomic E-state index is -3.94. The second-order valence-electron chi connectivity index (χ2n) is 3.67. The summed E-state index contributed by atoms with van der Waals surface area (Å²) in [5.74, 6) is -0.271. The average molecular weight is 371 g/mol. The van der Waals surface area contributed by atoms with Gasteiger partial charge in [0.15, 0.2) is 6.61 Å². The summed E-state index contributed by atoms with van der Waals surface area (Å²) in [7, 11) is 1.37. The number of hydrogen-bond donors (Lipinski definition) is 1. The number of ether oxygens (including phenoxy) is 1. The van der Waals surface area contributed by atoms with E-state index in [-0.39, 0.29) is 23.2 Å². The van der Waals surface area contributed by atoms with Crippen molar-refractivity contribution in [3.63, 3.8) is 0 Å². The van der Waals surface area contributed by atoms with Gasteiger partial charge >= 0.3 is 0 Å². The Balaban J connectivity index is 2.82. The van der Waals surface area contributed by atoms with Gasteiger partial charge in [-0.05, 0) is 24.6 Å². The molecular weight excluding hydrogens is 358 g/mol. The van der Waals surface area contributed by atoms with Crippen LogP contribution in [0.5, 0.6) is 5.75 Å². The van der Waals surface area contributed by atoms with Crippen LogP contribution in [0, 0.1) is 0 Å². The molecule has 5 nitrogen and oxygen atoms in total. The minimum Gasteiger partial charge on any atom is -0.482 e. The van der Waals surface area contributed by atoms with Crippen LogP contribution >= 0.6 is 26.6 Å². The predicted octanol–water partition coefficient (Wildman–Crippen LogP) is 2.28. The SMILES string of the molecule is CCCNC(=O)COc1ccc(Br)cc1S(=O)(=O)Cl. The van der Waals surface area contributed by atoms with Gasteiger partial charge < -0.3 is 10.1 Å². The van der Waals surface area contributed by atoms with Gasteiger partial charge in [0.2, 0.25) is 0 Å². The Morgan fingerprint density at radius 2 is 2.16 bits per heavy atom. The van der Waals surface area contributed by atoms with Crippen LogP contribution in [-0.2, 0) is 13.8 Å². The first-order valence-electron chi connectivity index (χ1n) is 5.48. The number of carbonyl (C=O) groups excluding carboxylic acids is 1. The van der Waals surface area contributed by atoms with Gasteiger partial charge in [-0.1, -0.05) is 22.9 Å². The van der Waals surface area contributed by atoms with Gasteiger partial charge in [0.05, 0.1) is 0 Å². The van der Waals surface area contributed by atoms with Crippen LogP contribution in [0.4, 0.5) is 0 Å². The van der Waals surface area contributed by atoms with Crippen LogP contribution in [0.3, 0.4) is 0 Å². The molecule has 0 unspecified atom stereocenters. The normalized spacial score (nSPS) is 11.1. The molecule has 0 atom stereocenters. The van der Waals surface area contributed by atoms with Crippen molar-refractivity contribution in [2.45, 2.75) is 18.2 Å². The fourth-order valence-corrected chi connectivity index (χ4v) is 2.76. The third-order valence-electron chi connectivity index (χ3n) is 2.10. The summed E-state index contributed by atoms with van der Waals surface area (Å²) in [4.78, 5) is 11.2. The summed E-state index contributed by atoms with van der Waals surface area (Å²) in [6.45, 7) is 2.21. The molecule has 0 bridgehead atoms. The number of halogens is 2. The van der Waals surface area contributed by atoms with Crippen LogP contribution in [0.2, 0.25) is 0 Å². The lowest BCUT2D eigenvalue weighted by atomic mass is 10.3. The fraction of sp³-hybridized carbons (Fsp3) is 0.364. The van der Waals surface area contributed by atoms with Crippen LogP contribution < -0.4 is 10.1 Å². The lowest BCUT2D eigenvalue weighted by Crippen LogP contribution is -2.29. The van der Waals surface area contributed by atoms with E-state index in [9.17, 15) is 13.2 Å². The van der Waals surface area contributed by atoms with Crippen LogP contribution in [0.15, 0.2) is 27.6 Å². The lowest BCUT2D eigenvalue weighted by molar-refractivity contribution is -0.123. The number of rotatable bonds is 6. The molecule has 0 radical (unpaired) electrons. The molecular formula is C11H13BrClNO4S. The van der Waals surface area contributed by atoms with Crippen molar-refractivity contribution in [3.8, 4) is 5.75 Å². The van der Waals surface area contributed by atoms with Crippen molar-refractivity contribution in [3.05, 3.63) is 22.7 Å². The summed E-state index contributed by atoms with van der Waals surface area (Å²) >= 11 is 3.15. The molecule has 0 aliphatic rings. The monoisotopic (exact) mass is 369 g/mol. The quantitative estimate of drug-likeness (QED) is 0.780. The van der Waals surface area contributed by atoms with Gasteiger partial charge in [0.25, 0.3) is 15.0 Å². The molecule has 0 saturated carbocycles. The zero-order valence-corrected chi connectivity index (χ0v) is 13.3. The molecule has 0 fully saturated rings. The highest BCUT2D eigenvalue weighted by Gasteiger charge is 2.18. The first-order chi connectivity index (χ1) is 8.84. The third kappa shape index (κ3) is 5.38. The van der Waals surface area contributed by atoms with Gasteiger partial charge in [0.1, 0.15) is 10.6 Å². The zero-order chi connectivity index (χ0) is 14.5. The Kier molecular flexibility index (Phi) is 6.09. The highest BCUT2D eigenvalue weighted by molar-refractivity contribution is 9.10. The largest absolute Gasteiger partial charge is 0.482 e. The van der Waals surface area contributed by atoms with Crippen LogP contribution in [-0.4, -0.2) is 27.5 Å². The first kappa shape index (κ1) is 16.3. The Morgan fingerprint density at radius 1 is 1.47 bits per heavy atom. The second kappa shape index (κ2) is 7.12. The van der Waals surface area contributed by atoms with Crippen molar-refractivity contribution < 1.29 is 17.9 Å². The molecule has 0 aromatic heterocycles. The molecule has 0 saturated heterocycles. The van der Waals surface area contributed by atoms with E-state index in [1.165, 1.54) is 12.1 Å². The fourth-order valence-electron chi connectivity index (χ4n) is 1.25. The van der Waals surface area contributed by atoms with E-state index < -0.39 is 9.05 Å². The van der Waals surface area contributed by atoms with E-state index in [1.54, 1.807) is 6.07 Å². The molecule has 0 aliphatic heterocycles. The summed E-state index contributed by atoms with van der Waals surface area (Å²) in [6.07, 6.45) is 0.811. The molecule has 0 aliphatic carbocycles. The maximum atomic E-state index is 11.4. The molecule has 1 aromatic carbocycles. The summed E-state index contributed by atoms with van der Waals surface area (Å²) in [5, 5.41) is 2.62. The molecule has 1 rings (SSSR count). The number of benzene rings is 1. The standard InChI is InChI=1S/C11H13BrClNO4S/c1-2-5-14-11(15)7-18-9-4-3-8(12)6-10(9)19(13,16)17/h3-4,6H,2,5,7H2,1H3,(H,14,15). The molecule has 1 amide bonds. The van der Waals surface area contributed by atoms with Crippen LogP contribution in [0.1, 0.15) is 13.3 Å². The van der Waals surface area contributed by atoms with Crippen molar-refractivity contribution in [2.75, 3.05) is 13.2 Å². The van der Waals surface area contributed by atoms with Crippen molar-refractivity contribution in [1.29, 1.82) is 0 Å². The average Bonchev–Trinajstić information content (AvgIpc) is 2.33. The summed E-state index contributed by atoms with van der Waals surface area (Å²) in [6, 6.07) is 4.36. The van der Waals surface area contributed by atoms with Gasteiger partial charge in [-0.3, -0.25) is 4.79 Å². The Morgan fingerprint density at radius 3 is 2.74 bits per heavy atom. The molecule has 19 heavy (non-hydrogen) atoms. The smallest absolute Gasteiger partial charge is 0.265 e. The van der Waals surface area contributed by atoms with E-state index in [0.29, 0.717) is 11.0 Å². The van der Waals surface area contributed by atoms with Gasteiger partial charge in [0, 0.05) is 21.7 Å². The first-order valence-corrected chi connectivity index (χ1v) is 8.58. The summed E-state index contributed by atoms with van der Waals surface area (Å²) in [5.41, 5.74) is 0. The van der Waals surface area contributed by atoms with E-state index >= 15 is 0 Å². The molecule has 106 valence electrons. The third-order valence-corrected chi connectivity index (χ3v) is 3.94. The number of hydrogen-bond acceptors (Lipinski definition) is 4. The molecule has 0 heterocycles. The van der Waals surface area contributed by atoms with Crippen molar-refractivity contribution in [1.82, 2.24) is 5.32 Å². The van der Waals surface area contributed by atoms with E-state index in [0.717, 1.165) is 6.42 Å². The number of nitrogens with one attached hydrogen (secondary N) is 1. The number of carbonyl (C=O) groups is 1. The van der Waals surface area contributed by atoms with Gasteiger partial charge in [-0.15, -0.1) is 0 Å². The zero-order valence-electron chi connectivity index (χ0n) is 10.2. The van der Waals surface area contributed by atoms with Gasteiger partial charge in [-0.2, -0.15) is 0 Å². The topological polar surface area (TPSA) is 72.5 Å². The van der Waals surface area contributed by atoms with Gasteiger partial charge in [-0.25, -0.2) is 8.42 Å². The highest BCUT2D eigenvalue weighted by atomic mass is 79.9. The Hall–Kier alpha value is -0.790. The van der Waals surface area contributed by atoms with Crippen LogP contribution in [0.25, 0.3) is 0 Å². The Labute approximate surface area is 124 Å². The highest BCUT2D eigenvalue weighted by Crippen LogP contribution is 2.29.